The van der Waals surface area contributed by atoms with Crippen LogP contribution in [0.15, 0.2) is 36.9 Å². The SMILES string of the molecule is C=CC[C@@H]1C[C@@]1(NC(=O)[C@@H]1C[C@@H](n2nnc(-c3ccc(OC)cc3)n2)CC1C(=O)C(NC(=O)OC1CCC1)C(C)(C)C)C(=O)NS(=O)(=O)NC(C)C. The fourth-order valence-corrected chi connectivity index (χ4v) is 8.03. The number of rotatable bonds is 15. The third-order valence-corrected chi connectivity index (χ3v) is 11.2. The van der Waals surface area contributed by atoms with Crippen molar-refractivity contribution in [3.8, 4) is 17.1 Å². The second-order valence-corrected chi connectivity index (χ2v) is 16.8. The lowest BCUT2D eigenvalue weighted by Gasteiger charge is -2.34. The van der Waals surface area contributed by atoms with Crippen LogP contribution in [0.25, 0.3) is 11.4 Å². The summed E-state index contributed by atoms with van der Waals surface area (Å²) in [5.74, 6) is -3.19. The molecule has 3 saturated carbocycles. The van der Waals surface area contributed by atoms with Crippen molar-refractivity contribution in [2.75, 3.05) is 7.11 Å². The lowest BCUT2D eigenvalue weighted by atomic mass is 9.77. The number of carbonyl (C=O) groups is 4. The molecule has 16 nitrogen and oxygen atoms in total. The van der Waals surface area contributed by atoms with Gasteiger partial charge in [0.05, 0.1) is 19.2 Å². The molecule has 1 heterocycles. The number of carbonyl (C=O) groups excluding carboxylic acids is 4. The molecule has 0 aliphatic heterocycles. The van der Waals surface area contributed by atoms with Gasteiger partial charge in [-0.25, -0.2) is 9.52 Å². The van der Waals surface area contributed by atoms with Crippen LogP contribution in [0.5, 0.6) is 5.75 Å². The molecule has 2 unspecified atom stereocenters. The van der Waals surface area contributed by atoms with Gasteiger partial charge in [-0.2, -0.15) is 17.9 Å². The number of ketones is 1. The van der Waals surface area contributed by atoms with Crippen LogP contribution < -0.4 is 24.8 Å². The van der Waals surface area contributed by atoms with Crippen molar-refractivity contribution in [1.29, 1.82) is 0 Å². The molecule has 1 aromatic heterocycles. The summed E-state index contributed by atoms with van der Waals surface area (Å²) in [6.45, 7) is 12.4. The minimum atomic E-state index is -4.22. The van der Waals surface area contributed by atoms with Gasteiger partial charge in [0.25, 0.3) is 5.91 Å². The number of nitrogens with zero attached hydrogens (tertiary/aromatic N) is 4. The number of aromatic nitrogens is 4. The van der Waals surface area contributed by atoms with E-state index in [0.29, 0.717) is 23.6 Å². The van der Waals surface area contributed by atoms with Gasteiger partial charge >= 0.3 is 16.3 Å². The van der Waals surface area contributed by atoms with E-state index < -0.39 is 75.0 Å². The van der Waals surface area contributed by atoms with Crippen LogP contribution in [-0.2, 0) is 29.3 Å². The second-order valence-electron chi connectivity index (χ2n) is 15.4. The van der Waals surface area contributed by atoms with Crippen LogP contribution in [0.2, 0.25) is 0 Å². The molecule has 0 saturated heterocycles. The fourth-order valence-electron chi connectivity index (χ4n) is 6.93. The van der Waals surface area contributed by atoms with Gasteiger partial charge < -0.3 is 20.1 Å². The van der Waals surface area contributed by atoms with E-state index in [1.54, 1.807) is 51.3 Å². The van der Waals surface area contributed by atoms with Gasteiger partial charge in [-0.05, 0) is 99.6 Å². The molecule has 4 N–H and O–H groups in total. The van der Waals surface area contributed by atoms with Crippen molar-refractivity contribution in [3.63, 3.8) is 0 Å². The maximum absolute atomic E-state index is 14.5. The maximum Gasteiger partial charge on any atom is 0.408 e. The van der Waals surface area contributed by atoms with Crippen LogP contribution in [-0.4, -0.2) is 83.2 Å². The largest absolute Gasteiger partial charge is 0.497 e. The fraction of sp³-hybridized carbons (Fsp3) is 0.629. The predicted molar refractivity (Wildman–Crippen MR) is 190 cm³/mol. The number of hydrogen-bond acceptors (Lipinski definition) is 11. The number of Topliss-reactive ketones (excluding diaryl/α,β-unsaturated/α-hetero) is 1. The molecule has 6 atom stereocenters. The molecule has 3 amide bonds. The van der Waals surface area contributed by atoms with Crippen molar-refractivity contribution < 1.29 is 37.1 Å². The Balaban J connectivity index is 1.43. The summed E-state index contributed by atoms with van der Waals surface area (Å²) in [5.41, 5.74) is -1.61. The number of ether oxygens (including phenoxy) is 2. The quantitative estimate of drug-likeness (QED) is 0.195. The highest BCUT2D eigenvalue weighted by atomic mass is 32.2. The number of methoxy groups -OCH3 is 1. The molecule has 0 bridgehead atoms. The lowest BCUT2D eigenvalue weighted by molar-refractivity contribution is -0.137. The maximum atomic E-state index is 14.5. The zero-order chi connectivity index (χ0) is 38.0. The highest BCUT2D eigenvalue weighted by molar-refractivity contribution is 7.88. The topological polar surface area (TPSA) is 213 Å². The van der Waals surface area contributed by atoms with Crippen LogP contribution in [0.1, 0.15) is 85.6 Å². The van der Waals surface area contributed by atoms with E-state index in [4.69, 9.17) is 9.47 Å². The number of benzene rings is 1. The molecule has 3 aliphatic carbocycles. The van der Waals surface area contributed by atoms with Gasteiger partial charge in [-0.3, -0.25) is 14.4 Å². The molecule has 0 spiro atoms. The van der Waals surface area contributed by atoms with Gasteiger partial charge in [0.2, 0.25) is 11.7 Å². The van der Waals surface area contributed by atoms with Crippen molar-refractivity contribution in [1.82, 2.24) is 40.3 Å². The average Bonchev–Trinajstić information content (AvgIpc) is 3.37. The van der Waals surface area contributed by atoms with Crippen LogP contribution >= 0.6 is 0 Å². The number of allylic oxidation sites excluding steroid dienone is 1. The third kappa shape index (κ3) is 8.80. The summed E-state index contributed by atoms with van der Waals surface area (Å²) >= 11 is 0. The first kappa shape index (κ1) is 38.8. The summed E-state index contributed by atoms with van der Waals surface area (Å²) in [7, 11) is -2.66. The summed E-state index contributed by atoms with van der Waals surface area (Å²) in [6, 6.07) is 5.07. The van der Waals surface area contributed by atoms with Gasteiger partial charge in [0, 0.05) is 23.4 Å². The Kier molecular flexibility index (Phi) is 11.4. The molecule has 17 heteroatoms. The van der Waals surface area contributed by atoms with Crippen molar-refractivity contribution in [2.45, 2.75) is 109 Å². The Morgan fingerprint density at radius 1 is 1.10 bits per heavy atom. The van der Waals surface area contributed by atoms with E-state index in [1.165, 1.54) is 4.80 Å². The molecule has 2 aromatic rings. The Hall–Kier alpha value is -4.38. The smallest absolute Gasteiger partial charge is 0.408 e. The summed E-state index contributed by atoms with van der Waals surface area (Å²) in [4.78, 5) is 56.8. The Labute approximate surface area is 304 Å². The number of nitrogens with one attached hydrogen (secondary N) is 4. The lowest BCUT2D eigenvalue weighted by Crippen LogP contribution is -2.57. The molecule has 284 valence electrons. The standard InChI is InChI=1S/C35H50N8O8S/c1-8-10-22-19-35(22,32(46)41-52(48,49)40-20(2)3)37-31(45)27-18-23(43-39-30(38-42-43)21-13-15-24(50-7)16-14-21)17-26(27)28(44)29(34(4,5)6)36-33(47)51-25-11-9-12-25/h8,13-16,20,22-23,25-27,29,40H,1,9-12,17-19H2,2-7H3,(H,36,47)(H,37,45)(H,41,46)/t22-,23+,26?,27-,29?,35+/m1/s1. The number of alkyl carbamates (subject to hydrolysis) is 1. The highest BCUT2D eigenvalue weighted by Gasteiger charge is 2.62. The zero-order valence-electron chi connectivity index (χ0n) is 30.5. The first-order valence-electron chi connectivity index (χ1n) is 17.7. The Bertz CT molecular complexity index is 1770. The molecule has 0 radical (unpaired) electrons. The van der Waals surface area contributed by atoms with Gasteiger partial charge in [0.15, 0.2) is 5.78 Å². The summed E-state index contributed by atoms with van der Waals surface area (Å²) in [5, 5.41) is 18.7. The van der Waals surface area contributed by atoms with Gasteiger partial charge in [-0.1, -0.05) is 26.8 Å². The molecular weight excluding hydrogens is 693 g/mol. The van der Waals surface area contributed by atoms with Crippen LogP contribution in [0.3, 0.4) is 0 Å². The van der Waals surface area contributed by atoms with E-state index >= 15 is 0 Å². The van der Waals surface area contributed by atoms with Crippen molar-refractivity contribution in [2.24, 2.45) is 23.2 Å². The number of hydrogen-bond donors (Lipinski definition) is 4. The normalized spacial score (nSPS) is 25.1. The summed E-state index contributed by atoms with van der Waals surface area (Å²) in [6.07, 6.45) is 3.95. The second kappa shape index (κ2) is 15.3. The third-order valence-electron chi connectivity index (χ3n) is 10.0. The molecule has 3 fully saturated rings. The van der Waals surface area contributed by atoms with Crippen molar-refractivity contribution >= 4 is 33.9 Å². The first-order chi connectivity index (χ1) is 24.5. The van der Waals surface area contributed by atoms with Gasteiger partial charge in [-0.15, -0.1) is 16.8 Å². The van der Waals surface area contributed by atoms with E-state index in [-0.39, 0.29) is 31.1 Å². The Morgan fingerprint density at radius 3 is 2.35 bits per heavy atom. The Morgan fingerprint density at radius 2 is 1.77 bits per heavy atom. The van der Waals surface area contributed by atoms with E-state index in [1.807, 2.05) is 20.8 Å². The van der Waals surface area contributed by atoms with Crippen LogP contribution in [0.4, 0.5) is 4.79 Å². The zero-order valence-corrected chi connectivity index (χ0v) is 31.4. The number of amides is 3. The minimum absolute atomic E-state index is 0.112. The molecule has 52 heavy (non-hydrogen) atoms. The monoisotopic (exact) mass is 742 g/mol. The first-order valence-corrected chi connectivity index (χ1v) is 19.2. The van der Waals surface area contributed by atoms with E-state index in [2.05, 4.69) is 42.1 Å². The minimum Gasteiger partial charge on any atom is -0.497 e. The number of tetrazole rings is 1. The highest BCUT2D eigenvalue weighted by Crippen LogP contribution is 2.48. The molecular formula is C35H50N8O8S. The molecule has 3 aliphatic rings. The van der Waals surface area contributed by atoms with E-state index in [0.717, 1.165) is 19.3 Å². The summed E-state index contributed by atoms with van der Waals surface area (Å²) < 4.78 is 40.5. The van der Waals surface area contributed by atoms with E-state index in [9.17, 15) is 27.6 Å². The average molecular weight is 743 g/mol. The predicted octanol–water partition coefficient (Wildman–Crippen LogP) is 2.99. The van der Waals surface area contributed by atoms with Crippen LogP contribution in [0, 0.1) is 23.2 Å². The molecule has 5 rings (SSSR count). The molecule has 1 aromatic carbocycles. The van der Waals surface area contributed by atoms with Crippen molar-refractivity contribution in [3.05, 3.63) is 36.9 Å². The van der Waals surface area contributed by atoms with Gasteiger partial charge in [0.1, 0.15) is 17.4 Å².